The van der Waals surface area contributed by atoms with Crippen molar-refractivity contribution in [3.05, 3.63) is 86.7 Å². The third-order valence-corrected chi connectivity index (χ3v) is 6.49. The van der Waals surface area contributed by atoms with Crippen LogP contribution in [0.5, 0.6) is 0 Å². The first kappa shape index (κ1) is 20.4. The maximum atomic E-state index is 13.4. The molecular weight excluding hydrogens is 416 g/mol. The van der Waals surface area contributed by atoms with Crippen LogP contribution in [-0.2, 0) is 9.59 Å². The van der Waals surface area contributed by atoms with E-state index in [-0.39, 0.29) is 17.5 Å². The van der Waals surface area contributed by atoms with E-state index in [1.54, 1.807) is 6.07 Å². The van der Waals surface area contributed by atoms with Crippen LogP contribution in [0.2, 0.25) is 5.02 Å². The molecule has 0 saturated heterocycles. The summed E-state index contributed by atoms with van der Waals surface area (Å²) in [5.74, 6) is -0.339. The van der Waals surface area contributed by atoms with Crippen molar-refractivity contribution >= 4 is 51.7 Å². The van der Waals surface area contributed by atoms with E-state index in [0.717, 1.165) is 16.0 Å². The fourth-order valence-corrected chi connectivity index (χ4v) is 4.36. The number of carbonyl (C=O) groups is 2. The van der Waals surface area contributed by atoms with Crippen LogP contribution in [0, 0.1) is 6.92 Å². The summed E-state index contributed by atoms with van der Waals surface area (Å²) in [6, 6.07) is 16.7. The highest BCUT2D eigenvalue weighted by Gasteiger charge is 2.40. The van der Waals surface area contributed by atoms with Crippen molar-refractivity contribution in [1.29, 1.82) is 0 Å². The number of carbonyl (C=O) groups excluding carboxylic acids is 2. The van der Waals surface area contributed by atoms with Gasteiger partial charge in [-0.05, 0) is 59.7 Å². The molecule has 0 bridgehead atoms. The predicted molar refractivity (Wildman–Crippen MR) is 124 cm³/mol. The monoisotopic (exact) mass is 436 g/mol. The molecule has 0 saturated carbocycles. The number of rotatable bonds is 5. The molecule has 30 heavy (non-hydrogen) atoms. The molecule has 0 radical (unpaired) electrons. The molecule has 4 rings (SSSR count). The zero-order chi connectivity index (χ0) is 21.4. The lowest BCUT2D eigenvalue weighted by molar-refractivity contribution is -0.120. The Hall–Kier alpha value is -2.89. The Balaban J connectivity index is 1.78. The normalized spacial score (nSPS) is 14.2. The van der Waals surface area contributed by atoms with Crippen LogP contribution in [0.25, 0.3) is 5.57 Å². The summed E-state index contributed by atoms with van der Waals surface area (Å²) in [5.41, 5.74) is 3.87. The van der Waals surface area contributed by atoms with Crippen molar-refractivity contribution in [2.24, 2.45) is 0 Å². The van der Waals surface area contributed by atoms with E-state index in [2.05, 4.69) is 19.2 Å². The molecule has 152 valence electrons. The Kier molecular flexibility index (Phi) is 5.50. The van der Waals surface area contributed by atoms with Crippen LogP contribution in [0.3, 0.4) is 0 Å². The molecule has 2 heterocycles. The predicted octanol–water partition coefficient (Wildman–Crippen LogP) is 6.23. The van der Waals surface area contributed by atoms with Crippen molar-refractivity contribution in [1.82, 2.24) is 0 Å². The third kappa shape index (κ3) is 3.55. The van der Waals surface area contributed by atoms with Gasteiger partial charge in [-0.15, -0.1) is 11.3 Å². The van der Waals surface area contributed by atoms with E-state index >= 15 is 0 Å². The van der Waals surface area contributed by atoms with E-state index in [1.807, 2.05) is 60.8 Å². The quantitative estimate of drug-likeness (QED) is 0.482. The molecule has 1 aliphatic rings. The van der Waals surface area contributed by atoms with Crippen molar-refractivity contribution in [2.45, 2.75) is 26.7 Å². The first-order valence-corrected chi connectivity index (χ1v) is 10.9. The summed E-state index contributed by atoms with van der Waals surface area (Å²) in [6.45, 7) is 6.08. The van der Waals surface area contributed by atoms with Gasteiger partial charge in [0.15, 0.2) is 0 Å². The fourth-order valence-electron chi connectivity index (χ4n) is 3.42. The topological polar surface area (TPSA) is 49.4 Å². The molecule has 6 heteroatoms. The van der Waals surface area contributed by atoms with E-state index < -0.39 is 0 Å². The molecule has 0 spiro atoms. The zero-order valence-corrected chi connectivity index (χ0v) is 18.5. The molecule has 4 nitrogen and oxygen atoms in total. The molecule has 1 N–H and O–H groups in total. The molecule has 2 aromatic carbocycles. The maximum Gasteiger partial charge on any atom is 0.282 e. The summed E-state index contributed by atoms with van der Waals surface area (Å²) < 4.78 is 0. The van der Waals surface area contributed by atoms with Gasteiger partial charge in [-0.2, -0.15) is 0 Å². The number of hydrogen-bond donors (Lipinski definition) is 1. The van der Waals surface area contributed by atoms with Crippen molar-refractivity contribution in [3.63, 3.8) is 0 Å². The Labute approximate surface area is 184 Å². The third-order valence-electron chi connectivity index (χ3n) is 5.20. The highest BCUT2D eigenvalue weighted by molar-refractivity contribution is 7.11. The van der Waals surface area contributed by atoms with Crippen LogP contribution in [0.4, 0.5) is 11.4 Å². The minimum atomic E-state index is -0.375. The summed E-state index contributed by atoms with van der Waals surface area (Å²) in [6.07, 6.45) is 0. The van der Waals surface area contributed by atoms with Crippen LogP contribution in [-0.4, -0.2) is 11.8 Å². The van der Waals surface area contributed by atoms with Gasteiger partial charge in [0.25, 0.3) is 11.8 Å². The summed E-state index contributed by atoms with van der Waals surface area (Å²) in [7, 11) is 0. The number of hydrogen-bond acceptors (Lipinski definition) is 4. The Morgan fingerprint density at radius 2 is 1.70 bits per heavy atom. The standard InChI is InChI=1S/C24H21ClN2O2S/c1-14(2)16-9-11-17(12-10-16)27-23(28)21(20-8-5-13-30-20)22(24(27)29)26-19-7-4-6-18(25)15(19)3/h4-14,26H,1-3H3. The zero-order valence-electron chi connectivity index (χ0n) is 16.9. The first-order chi connectivity index (χ1) is 14.4. The fraction of sp³-hybridized carbons (Fsp3) is 0.167. The molecule has 0 atom stereocenters. The number of anilines is 2. The maximum absolute atomic E-state index is 13.4. The van der Waals surface area contributed by atoms with Crippen LogP contribution in [0.15, 0.2) is 65.7 Å². The second kappa shape index (κ2) is 8.09. The van der Waals surface area contributed by atoms with Gasteiger partial charge in [0.2, 0.25) is 0 Å². The molecule has 0 unspecified atom stereocenters. The van der Waals surface area contributed by atoms with Gasteiger partial charge in [-0.1, -0.05) is 49.7 Å². The second-order valence-electron chi connectivity index (χ2n) is 7.46. The van der Waals surface area contributed by atoms with Gasteiger partial charge in [0, 0.05) is 15.6 Å². The largest absolute Gasteiger partial charge is 0.350 e. The highest BCUT2D eigenvalue weighted by atomic mass is 35.5. The summed E-state index contributed by atoms with van der Waals surface area (Å²) in [4.78, 5) is 28.8. The number of thiophene rings is 1. The lowest BCUT2D eigenvalue weighted by Crippen LogP contribution is -2.32. The van der Waals surface area contributed by atoms with Crippen LogP contribution < -0.4 is 10.2 Å². The van der Waals surface area contributed by atoms with E-state index in [9.17, 15) is 9.59 Å². The average Bonchev–Trinajstić information content (AvgIpc) is 3.32. The van der Waals surface area contributed by atoms with Gasteiger partial charge in [0.1, 0.15) is 5.70 Å². The number of benzene rings is 2. The van der Waals surface area contributed by atoms with Gasteiger partial charge in [-0.25, -0.2) is 4.90 Å². The molecule has 3 aromatic rings. The number of amides is 2. The molecule has 1 aromatic heterocycles. The Bertz CT molecular complexity index is 1150. The molecule has 0 fully saturated rings. The highest BCUT2D eigenvalue weighted by Crippen LogP contribution is 2.36. The minimum absolute atomic E-state index is 0.265. The van der Waals surface area contributed by atoms with Gasteiger partial charge >= 0.3 is 0 Å². The number of halogens is 1. The number of nitrogens with one attached hydrogen (secondary N) is 1. The SMILES string of the molecule is Cc1c(Cl)cccc1NC1=C(c2cccs2)C(=O)N(c2ccc(C(C)C)cc2)C1=O. The molecule has 0 aliphatic carbocycles. The van der Waals surface area contributed by atoms with E-state index in [4.69, 9.17) is 11.6 Å². The molecular formula is C24H21ClN2O2S. The van der Waals surface area contributed by atoms with Gasteiger partial charge in [-0.3, -0.25) is 9.59 Å². The molecule has 2 amide bonds. The lowest BCUT2D eigenvalue weighted by Gasteiger charge is -2.17. The molecule has 1 aliphatic heterocycles. The number of imide groups is 1. The van der Waals surface area contributed by atoms with Crippen molar-refractivity contribution in [3.8, 4) is 0 Å². The Morgan fingerprint density at radius 3 is 2.33 bits per heavy atom. The lowest BCUT2D eigenvalue weighted by atomic mass is 10.0. The first-order valence-electron chi connectivity index (χ1n) is 9.67. The van der Waals surface area contributed by atoms with Crippen molar-refractivity contribution < 1.29 is 9.59 Å². The van der Waals surface area contributed by atoms with E-state index in [1.165, 1.54) is 16.2 Å². The van der Waals surface area contributed by atoms with Crippen molar-refractivity contribution in [2.75, 3.05) is 10.2 Å². The smallest absolute Gasteiger partial charge is 0.282 e. The van der Waals surface area contributed by atoms with Crippen LogP contribution in [0.1, 0.15) is 35.8 Å². The minimum Gasteiger partial charge on any atom is -0.350 e. The Morgan fingerprint density at radius 1 is 0.967 bits per heavy atom. The number of nitrogens with zero attached hydrogens (tertiary/aromatic N) is 1. The summed E-state index contributed by atoms with van der Waals surface area (Å²) in [5, 5.41) is 5.67. The second-order valence-corrected chi connectivity index (χ2v) is 8.81. The van der Waals surface area contributed by atoms with Gasteiger partial charge in [0.05, 0.1) is 11.3 Å². The van der Waals surface area contributed by atoms with Gasteiger partial charge < -0.3 is 5.32 Å². The summed E-state index contributed by atoms with van der Waals surface area (Å²) >= 11 is 7.68. The average molecular weight is 437 g/mol. The van der Waals surface area contributed by atoms with E-state index in [0.29, 0.717) is 27.9 Å². The van der Waals surface area contributed by atoms with Crippen LogP contribution >= 0.6 is 22.9 Å².